The number of nitrogens with zero attached hydrogens (tertiary/aromatic N) is 4. The fourth-order valence-corrected chi connectivity index (χ4v) is 4.63. The Labute approximate surface area is 222 Å². The first-order valence-corrected chi connectivity index (χ1v) is 12.4. The van der Waals surface area contributed by atoms with E-state index in [-0.39, 0.29) is 30.3 Å². The molecular formula is C26H27F3N4O6. The number of imidazole rings is 1. The van der Waals surface area contributed by atoms with E-state index in [0.717, 1.165) is 37.2 Å². The van der Waals surface area contributed by atoms with Gasteiger partial charge in [-0.15, -0.1) is 13.2 Å². The van der Waals surface area contributed by atoms with Crippen molar-refractivity contribution >= 4 is 11.5 Å². The summed E-state index contributed by atoms with van der Waals surface area (Å²) in [6, 6.07) is 13.7. The van der Waals surface area contributed by atoms with Gasteiger partial charge in [-0.25, -0.2) is 0 Å². The van der Waals surface area contributed by atoms with Gasteiger partial charge in [0.25, 0.3) is 0 Å². The van der Waals surface area contributed by atoms with E-state index in [9.17, 15) is 23.3 Å². The maximum atomic E-state index is 12.3. The van der Waals surface area contributed by atoms with Crippen LogP contribution in [0.15, 0.2) is 54.7 Å². The van der Waals surface area contributed by atoms with Gasteiger partial charge in [-0.05, 0) is 66.7 Å². The number of piperidine rings is 1. The molecule has 1 fully saturated rings. The normalized spacial score (nSPS) is 19.4. The maximum Gasteiger partial charge on any atom is 0.573 e. The lowest BCUT2D eigenvalue weighted by molar-refractivity contribution is -0.389. The predicted molar refractivity (Wildman–Crippen MR) is 133 cm³/mol. The minimum Gasteiger partial charge on any atom is -0.489 e. The molecule has 5 rings (SSSR count). The van der Waals surface area contributed by atoms with Crippen LogP contribution in [0.25, 0.3) is 0 Å². The van der Waals surface area contributed by atoms with Crippen molar-refractivity contribution < 1.29 is 37.0 Å². The van der Waals surface area contributed by atoms with Crippen LogP contribution in [0.3, 0.4) is 0 Å². The molecule has 2 aliphatic rings. The number of alkyl halides is 3. The third kappa shape index (κ3) is 6.72. The molecule has 0 unspecified atom stereocenters. The number of hydrogen-bond acceptors (Lipinski definition) is 8. The van der Waals surface area contributed by atoms with E-state index in [1.807, 2.05) is 31.2 Å². The van der Waals surface area contributed by atoms with Gasteiger partial charge in [0.15, 0.2) is 5.60 Å². The maximum absolute atomic E-state index is 12.3. The lowest BCUT2D eigenvalue weighted by Crippen LogP contribution is -2.38. The van der Waals surface area contributed by atoms with Gasteiger partial charge in [0.05, 0.1) is 19.3 Å². The minimum absolute atomic E-state index is 0.0678. The molecule has 1 saturated heterocycles. The average Bonchev–Trinajstić information content (AvgIpc) is 3.43. The SMILES string of the molecule is C[C@@]1(COc2ccc(N3CCC(OCc4ccc(OC(F)(F)F)cc4)CC3)cc2)Cn2cc([N+](=O)[O-])nc2O1. The zero-order valence-electron chi connectivity index (χ0n) is 21.1. The number of aromatic nitrogens is 2. The Hall–Kier alpha value is -4.00. The Balaban J connectivity index is 1.04. The van der Waals surface area contributed by atoms with Crippen LogP contribution in [0.5, 0.6) is 17.5 Å². The van der Waals surface area contributed by atoms with Gasteiger partial charge in [-0.1, -0.05) is 12.1 Å². The van der Waals surface area contributed by atoms with Crippen LogP contribution in [-0.4, -0.2) is 52.2 Å². The molecule has 0 spiro atoms. The molecule has 0 N–H and O–H groups in total. The first-order chi connectivity index (χ1) is 18.6. The zero-order valence-corrected chi connectivity index (χ0v) is 21.1. The van der Waals surface area contributed by atoms with E-state index in [2.05, 4.69) is 14.6 Å². The molecule has 13 heteroatoms. The van der Waals surface area contributed by atoms with E-state index >= 15 is 0 Å². The molecule has 39 heavy (non-hydrogen) atoms. The molecule has 0 radical (unpaired) electrons. The highest BCUT2D eigenvalue weighted by atomic mass is 19.4. The average molecular weight is 549 g/mol. The van der Waals surface area contributed by atoms with Crippen molar-refractivity contribution in [2.24, 2.45) is 0 Å². The molecule has 0 amide bonds. The molecule has 1 atom stereocenters. The Bertz CT molecular complexity index is 1270. The van der Waals surface area contributed by atoms with E-state index < -0.39 is 16.9 Å². The zero-order chi connectivity index (χ0) is 27.6. The minimum atomic E-state index is -4.71. The van der Waals surface area contributed by atoms with Crippen LogP contribution in [0.2, 0.25) is 0 Å². The van der Waals surface area contributed by atoms with Crippen LogP contribution in [0.1, 0.15) is 25.3 Å². The van der Waals surface area contributed by atoms with Crippen molar-refractivity contribution in [3.63, 3.8) is 0 Å². The third-order valence-electron chi connectivity index (χ3n) is 6.59. The van der Waals surface area contributed by atoms with E-state index in [1.54, 1.807) is 16.7 Å². The fraction of sp³-hybridized carbons (Fsp3) is 0.423. The first-order valence-electron chi connectivity index (χ1n) is 12.4. The second kappa shape index (κ2) is 10.6. The highest BCUT2D eigenvalue weighted by Gasteiger charge is 2.41. The van der Waals surface area contributed by atoms with Crippen LogP contribution >= 0.6 is 0 Å². The number of halogens is 3. The molecule has 0 saturated carbocycles. The van der Waals surface area contributed by atoms with Gasteiger partial charge in [0.1, 0.15) is 24.3 Å². The third-order valence-corrected chi connectivity index (χ3v) is 6.59. The summed E-state index contributed by atoms with van der Waals surface area (Å²) in [4.78, 5) is 16.5. The second-order valence-electron chi connectivity index (χ2n) is 9.79. The molecule has 3 aromatic rings. The summed E-state index contributed by atoms with van der Waals surface area (Å²) in [6.07, 6.45) is -1.62. The largest absolute Gasteiger partial charge is 0.573 e. The highest BCUT2D eigenvalue weighted by molar-refractivity contribution is 5.49. The monoisotopic (exact) mass is 548 g/mol. The van der Waals surface area contributed by atoms with Crippen molar-refractivity contribution in [1.82, 2.24) is 9.55 Å². The van der Waals surface area contributed by atoms with Gasteiger partial charge < -0.3 is 34.0 Å². The molecule has 0 aliphatic carbocycles. The number of anilines is 1. The van der Waals surface area contributed by atoms with Gasteiger partial charge in [-0.2, -0.15) is 0 Å². The Morgan fingerprint density at radius 2 is 1.77 bits per heavy atom. The van der Waals surface area contributed by atoms with Gasteiger partial charge in [0.2, 0.25) is 0 Å². The van der Waals surface area contributed by atoms with Crippen LogP contribution in [0.4, 0.5) is 24.7 Å². The Morgan fingerprint density at radius 1 is 1.10 bits per heavy atom. The summed E-state index contributed by atoms with van der Waals surface area (Å²) in [5, 5.41) is 10.9. The molecule has 208 valence electrons. The van der Waals surface area contributed by atoms with Crippen molar-refractivity contribution in [1.29, 1.82) is 0 Å². The molecule has 10 nitrogen and oxygen atoms in total. The number of rotatable bonds is 9. The van der Waals surface area contributed by atoms with E-state index in [1.165, 1.54) is 18.3 Å². The quantitative estimate of drug-likeness (QED) is 0.269. The highest BCUT2D eigenvalue weighted by Crippen LogP contribution is 2.32. The lowest BCUT2D eigenvalue weighted by atomic mass is 10.1. The second-order valence-corrected chi connectivity index (χ2v) is 9.79. The molecule has 2 aliphatic heterocycles. The molecule has 1 aromatic heterocycles. The van der Waals surface area contributed by atoms with Gasteiger partial charge in [0, 0.05) is 23.8 Å². The standard InChI is InChI=1S/C26H27F3N4O6/c1-25(16-32-14-23(33(34)35)30-24(32)39-25)17-37-20-8-4-19(5-9-20)31-12-10-21(11-13-31)36-15-18-2-6-22(7-3-18)38-26(27,28)29/h2-9,14,21H,10-13,15-17H2,1H3/t25-/m0/s1. The molecule has 2 aromatic carbocycles. The summed E-state index contributed by atoms with van der Waals surface area (Å²) >= 11 is 0. The summed E-state index contributed by atoms with van der Waals surface area (Å²) < 4.78 is 60.1. The van der Waals surface area contributed by atoms with Crippen molar-refractivity contribution in [3.8, 4) is 17.5 Å². The predicted octanol–water partition coefficient (Wildman–Crippen LogP) is 5.11. The summed E-state index contributed by atoms with van der Waals surface area (Å²) in [5.41, 5.74) is 1.17. The van der Waals surface area contributed by atoms with E-state index in [4.69, 9.17) is 14.2 Å². The van der Waals surface area contributed by atoms with Crippen molar-refractivity contribution in [2.75, 3.05) is 24.6 Å². The van der Waals surface area contributed by atoms with Crippen molar-refractivity contribution in [3.05, 3.63) is 70.4 Å². The van der Waals surface area contributed by atoms with Crippen LogP contribution in [-0.2, 0) is 17.9 Å². The number of nitro groups is 1. The van der Waals surface area contributed by atoms with Gasteiger partial charge >= 0.3 is 18.2 Å². The Kier molecular flexibility index (Phi) is 7.25. The Morgan fingerprint density at radius 3 is 2.38 bits per heavy atom. The molecular weight excluding hydrogens is 521 g/mol. The lowest BCUT2D eigenvalue weighted by Gasteiger charge is -2.33. The van der Waals surface area contributed by atoms with Gasteiger partial charge in [-0.3, -0.25) is 4.57 Å². The number of ether oxygens (including phenoxy) is 4. The smallest absolute Gasteiger partial charge is 0.489 e. The molecule has 3 heterocycles. The van der Waals surface area contributed by atoms with Crippen molar-refractivity contribution in [2.45, 2.75) is 51.0 Å². The topological polar surface area (TPSA) is 101 Å². The first kappa shape index (κ1) is 26.6. The van der Waals surface area contributed by atoms with Crippen LogP contribution < -0.4 is 19.1 Å². The number of hydrogen-bond donors (Lipinski definition) is 0. The number of benzene rings is 2. The fourth-order valence-electron chi connectivity index (χ4n) is 4.63. The van der Waals surface area contributed by atoms with Crippen LogP contribution in [0, 0.1) is 10.1 Å². The summed E-state index contributed by atoms with van der Waals surface area (Å²) in [7, 11) is 0. The molecule has 0 bridgehead atoms. The summed E-state index contributed by atoms with van der Waals surface area (Å²) in [5.74, 6) is 0.189. The van der Waals surface area contributed by atoms with E-state index in [0.29, 0.717) is 18.9 Å². The number of fused-ring (bicyclic) bond motifs is 1. The summed E-state index contributed by atoms with van der Waals surface area (Å²) in [6.45, 7) is 4.47.